The molecule has 0 radical (unpaired) electrons. The third-order valence-electron chi connectivity index (χ3n) is 4.32. The summed E-state index contributed by atoms with van der Waals surface area (Å²) in [6.07, 6.45) is 3.34. The minimum atomic E-state index is 0.578. The van der Waals surface area contributed by atoms with Gasteiger partial charge in [-0.05, 0) is 12.1 Å². The van der Waals surface area contributed by atoms with Crippen molar-refractivity contribution in [3.05, 3.63) is 36.9 Å². The van der Waals surface area contributed by atoms with Crippen molar-refractivity contribution in [3.63, 3.8) is 0 Å². The quantitative estimate of drug-likeness (QED) is 0.611. The van der Waals surface area contributed by atoms with Gasteiger partial charge in [0.1, 0.15) is 0 Å². The van der Waals surface area contributed by atoms with Crippen molar-refractivity contribution in [2.45, 2.75) is 0 Å². The van der Waals surface area contributed by atoms with Crippen LogP contribution in [0.5, 0.6) is 0 Å². The van der Waals surface area contributed by atoms with Gasteiger partial charge >= 0.3 is 0 Å². The minimum absolute atomic E-state index is 0.578. The lowest BCUT2D eigenvalue weighted by Gasteiger charge is -2.27. The Kier molecular flexibility index (Phi) is 2.99. The number of morpholine rings is 1. The highest BCUT2D eigenvalue weighted by atomic mass is 16.5. The SMILES string of the molecule is c1cc(-c2nc(N3CCOCC3)c3ocnc3n2)c2cc[nH]c2c1. The zero-order valence-electron chi connectivity index (χ0n) is 12.9. The molecular formula is C17H15N5O2. The molecule has 0 saturated carbocycles. The fraction of sp³-hybridized carbons (Fsp3) is 0.235. The van der Waals surface area contributed by atoms with E-state index in [9.17, 15) is 0 Å². The number of oxazole rings is 1. The topological polar surface area (TPSA) is 80.1 Å². The van der Waals surface area contributed by atoms with Crippen molar-refractivity contribution in [1.82, 2.24) is 19.9 Å². The summed E-state index contributed by atoms with van der Waals surface area (Å²) in [6, 6.07) is 8.10. The zero-order chi connectivity index (χ0) is 15.9. The number of hydrogen-bond donors (Lipinski definition) is 1. The Labute approximate surface area is 137 Å². The van der Waals surface area contributed by atoms with Gasteiger partial charge in [0.05, 0.1) is 13.2 Å². The number of nitrogens with one attached hydrogen (secondary N) is 1. The molecule has 4 heterocycles. The van der Waals surface area contributed by atoms with Crippen molar-refractivity contribution in [2.24, 2.45) is 0 Å². The number of aromatic amines is 1. The Morgan fingerprint density at radius 1 is 1.08 bits per heavy atom. The molecule has 0 spiro atoms. The largest absolute Gasteiger partial charge is 0.438 e. The standard InChI is InChI=1S/C17H15N5O2/c1-2-12(11-4-5-18-13(11)3-1)15-20-16-14(24-10-19-16)17(21-15)22-6-8-23-9-7-22/h1-5,10,18H,6-9H2. The molecule has 1 fully saturated rings. The number of ether oxygens (including phenoxy) is 1. The molecule has 0 amide bonds. The molecule has 1 saturated heterocycles. The van der Waals surface area contributed by atoms with E-state index in [4.69, 9.17) is 14.1 Å². The smallest absolute Gasteiger partial charge is 0.215 e. The van der Waals surface area contributed by atoms with Gasteiger partial charge in [0.25, 0.3) is 0 Å². The molecule has 0 bridgehead atoms. The van der Waals surface area contributed by atoms with Gasteiger partial charge in [-0.1, -0.05) is 12.1 Å². The zero-order valence-corrected chi connectivity index (χ0v) is 12.9. The first-order valence-corrected chi connectivity index (χ1v) is 7.90. The van der Waals surface area contributed by atoms with E-state index in [1.54, 1.807) is 0 Å². The first-order valence-electron chi connectivity index (χ1n) is 7.90. The Morgan fingerprint density at radius 3 is 2.92 bits per heavy atom. The maximum absolute atomic E-state index is 5.54. The number of anilines is 1. The molecule has 5 rings (SSSR count). The molecule has 1 aliphatic rings. The van der Waals surface area contributed by atoms with Crippen LogP contribution in [0.25, 0.3) is 33.5 Å². The first kappa shape index (κ1) is 13.5. The lowest BCUT2D eigenvalue weighted by Crippen LogP contribution is -2.37. The van der Waals surface area contributed by atoms with Crippen LogP contribution < -0.4 is 4.90 Å². The lowest BCUT2D eigenvalue weighted by molar-refractivity contribution is 0.122. The fourth-order valence-corrected chi connectivity index (χ4v) is 3.14. The third kappa shape index (κ3) is 2.05. The van der Waals surface area contributed by atoms with Crippen molar-refractivity contribution >= 4 is 28.0 Å². The average Bonchev–Trinajstić information content (AvgIpc) is 3.30. The van der Waals surface area contributed by atoms with Crippen molar-refractivity contribution in [1.29, 1.82) is 0 Å². The number of aromatic nitrogens is 4. The Bertz CT molecular complexity index is 1020. The average molecular weight is 321 g/mol. The molecule has 7 nitrogen and oxygen atoms in total. The molecule has 1 aromatic carbocycles. The van der Waals surface area contributed by atoms with E-state index in [2.05, 4.69) is 19.9 Å². The van der Waals surface area contributed by atoms with Gasteiger partial charge in [-0.15, -0.1) is 0 Å². The van der Waals surface area contributed by atoms with E-state index in [1.165, 1.54) is 6.39 Å². The monoisotopic (exact) mass is 321 g/mol. The summed E-state index contributed by atoms with van der Waals surface area (Å²) < 4.78 is 11.0. The fourth-order valence-electron chi connectivity index (χ4n) is 3.14. The van der Waals surface area contributed by atoms with Gasteiger partial charge in [-0.25, -0.2) is 9.97 Å². The summed E-state index contributed by atoms with van der Waals surface area (Å²) in [4.78, 5) is 19.0. The van der Waals surface area contributed by atoms with Gasteiger partial charge in [-0.2, -0.15) is 4.98 Å². The summed E-state index contributed by atoms with van der Waals surface area (Å²) >= 11 is 0. The van der Waals surface area contributed by atoms with Crippen LogP contribution in [0.15, 0.2) is 41.3 Å². The molecule has 1 aliphatic heterocycles. The van der Waals surface area contributed by atoms with Gasteiger partial charge < -0.3 is 19.0 Å². The van der Waals surface area contributed by atoms with Crippen LogP contribution >= 0.6 is 0 Å². The Hall–Kier alpha value is -2.93. The highest BCUT2D eigenvalue weighted by molar-refractivity contribution is 5.95. The maximum atomic E-state index is 5.54. The van der Waals surface area contributed by atoms with Crippen LogP contribution in [0.2, 0.25) is 0 Å². The van der Waals surface area contributed by atoms with E-state index in [0.717, 1.165) is 35.4 Å². The van der Waals surface area contributed by atoms with Crippen LogP contribution in [-0.2, 0) is 4.74 Å². The van der Waals surface area contributed by atoms with E-state index in [0.29, 0.717) is 30.3 Å². The van der Waals surface area contributed by atoms with Crippen molar-refractivity contribution < 1.29 is 9.15 Å². The molecule has 7 heteroatoms. The second-order valence-electron chi connectivity index (χ2n) is 5.72. The maximum Gasteiger partial charge on any atom is 0.215 e. The van der Waals surface area contributed by atoms with E-state index < -0.39 is 0 Å². The highest BCUT2D eigenvalue weighted by Crippen LogP contribution is 2.31. The van der Waals surface area contributed by atoms with Gasteiger partial charge in [-0.3, -0.25) is 0 Å². The second-order valence-corrected chi connectivity index (χ2v) is 5.72. The van der Waals surface area contributed by atoms with Crippen LogP contribution in [0.1, 0.15) is 0 Å². The molecule has 0 unspecified atom stereocenters. The normalized spacial score (nSPS) is 15.4. The van der Waals surface area contributed by atoms with Gasteiger partial charge in [0.2, 0.25) is 11.2 Å². The Balaban J connectivity index is 1.73. The number of nitrogens with zero attached hydrogens (tertiary/aromatic N) is 4. The predicted octanol–water partition coefficient (Wildman–Crippen LogP) is 2.60. The molecule has 4 aromatic rings. The first-order chi connectivity index (χ1) is 11.9. The molecule has 120 valence electrons. The number of hydrogen-bond acceptors (Lipinski definition) is 6. The molecular weight excluding hydrogens is 306 g/mol. The predicted molar refractivity (Wildman–Crippen MR) is 89.9 cm³/mol. The number of fused-ring (bicyclic) bond motifs is 2. The van der Waals surface area contributed by atoms with Crippen molar-refractivity contribution in [3.8, 4) is 11.4 Å². The number of rotatable bonds is 2. The number of benzene rings is 1. The second kappa shape index (κ2) is 5.31. The van der Waals surface area contributed by atoms with Crippen LogP contribution in [0.4, 0.5) is 5.82 Å². The third-order valence-corrected chi connectivity index (χ3v) is 4.32. The van der Waals surface area contributed by atoms with Crippen LogP contribution in [0, 0.1) is 0 Å². The van der Waals surface area contributed by atoms with E-state index in [1.807, 2.05) is 30.5 Å². The Morgan fingerprint density at radius 2 is 2.00 bits per heavy atom. The molecule has 24 heavy (non-hydrogen) atoms. The summed E-state index contributed by atoms with van der Waals surface area (Å²) in [5.41, 5.74) is 3.24. The van der Waals surface area contributed by atoms with Gasteiger partial charge in [0, 0.05) is 35.8 Å². The van der Waals surface area contributed by atoms with Crippen LogP contribution in [0.3, 0.4) is 0 Å². The molecule has 0 atom stereocenters. The number of H-pyrrole nitrogens is 1. The summed E-state index contributed by atoms with van der Waals surface area (Å²) in [7, 11) is 0. The molecule has 1 N–H and O–H groups in total. The summed E-state index contributed by atoms with van der Waals surface area (Å²) in [6.45, 7) is 2.92. The summed E-state index contributed by atoms with van der Waals surface area (Å²) in [5, 5.41) is 1.09. The molecule has 0 aliphatic carbocycles. The van der Waals surface area contributed by atoms with Gasteiger partial charge in [0.15, 0.2) is 18.0 Å². The lowest BCUT2D eigenvalue weighted by atomic mass is 10.1. The molecule has 3 aromatic heterocycles. The van der Waals surface area contributed by atoms with E-state index in [-0.39, 0.29) is 0 Å². The summed E-state index contributed by atoms with van der Waals surface area (Å²) in [5.74, 6) is 1.44. The van der Waals surface area contributed by atoms with Crippen molar-refractivity contribution in [2.75, 3.05) is 31.2 Å². The van der Waals surface area contributed by atoms with Crippen LogP contribution in [-0.4, -0.2) is 46.2 Å². The van der Waals surface area contributed by atoms with E-state index >= 15 is 0 Å². The minimum Gasteiger partial charge on any atom is -0.438 e. The highest BCUT2D eigenvalue weighted by Gasteiger charge is 2.21.